The summed E-state index contributed by atoms with van der Waals surface area (Å²) in [6.07, 6.45) is 9.16. The van der Waals surface area contributed by atoms with Crippen molar-refractivity contribution in [3.8, 4) is 11.1 Å². The maximum Gasteiger partial charge on any atom is 0.411 e. The molecule has 0 radical (unpaired) electrons. The minimum absolute atomic E-state index is 0.0984. The Morgan fingerprint density at radius 3 is 2.59 bits per heavy atom. The van der Waals surface area contributed by atoms with Crippen LogP contribution in [0.3, 0.4) is 0 Å². The van der Waals surface area contributed by atoms with Gasteiger partial charge in [0.1, 0.15) is 0 Å². The van der Waals surface area contributed by atoms with Crippen molar-refractivity contribution >= 4 is 23.4 Å². The molecule has 2 aromatic rings. The van der Waals surface area contributed by atoms with Gasteiger partial charge in [0.25, 0.3) is 0 Å². The Labute approximate surface area is 187 Å². The van der Waals surface area contributed by atoms with E-state index in [0.29, 0.717) is 36.9 Å². The highest BCUT2D eigenvalue weighted by atomic mass is 16.5. The van der Waals surface area contributed by atoms with Gasteiger partial charge in [0, 0.05) is 24.7 Å². The van der Waals surface area contributed by atoms with E-state index in [1.54, 1.807) is 6.20 Å². The number of amides is 2. The van der Waals surface area contributed by atoms with Crippen LogP contribution in [0.25, 0.3) is 11.1 Å². The van der Waals surface area contributed by atoms with Crippen molar-refractivity contribution in [2.45, 2.75) is 57.5 Å². The average Bonchev–Trinajstić information content (AvgIpc) is 3.21. The smallest absolute Gasteiger partial charge is 0.411 e. The Morgan fingerprint density at radius 2 is 1.91 bits per heavy atom. The van der Waals surface area contributed by atoms with E-state index in [0.717, 1.165) is 24.0 Å². The molecule has 32 heavy (non-hydrogen) atoms. The molecule has 0 spiro atoms. The molecule has 1 saturated carbocycles. The number of benzene rings is 1. The zero-order valence-electron chi connectivity index (χ0n) is 18.4. The van der Waals surface area contributed by atoms with Crippen molar-refractivity contribution in [2.75, 3.05) is 29.6 Å². The van der Waals surface area contributed by atoms with E-state index in [2.05, 4.69) is 5.10 Å². The normalized spacial score (nSPS) is 21.8. The predicted molar refractivity (Wildman–Crippen MR) is 121 cm³/mol. The second-order valence-electron chi connectivity index (χ2n) is 9.32. The number of carboxylic acid groups (broad SMARTS) is 1. The van der Waals surface area contributed by atoms with Crippen LogP contribution in [0.5, 0.6) is 0 Å². The number of hydrogen-bond acceptors (Lipinski definition) is 4. The van der Waals surface area contributed by atoms with Crippen LogP contribution in [0, 0.1) is 5.92 Å². The van der Waals surface area contributed by atoms with Gasteiger partial charge in [-0.3, -0.25) is 14.4 Å². The highest BCUT2D eigenvalue weighted by Gasteiger charge is 2.36. The number of nitrogens with zero attached hydrogens (tertiary/aromatic N) is 4. The standard InChI is InChI=1S/C24H30N4O4/c1-16-12-26(24(30)31)22-10-18(19-11-25-27(13-19)20-14-32-15-20)7-8-21(22)28(16)23(29)9-17-5-3-2-4-6-17/h7-8,10-11,13,16-17,20H,2-6,9,12,14-15H2,1H3,(H,30,31)/t16-/m0/s1. The van der Waals surface area contributed by atoms with Gasteiger partial charge >= 0.3 is 6.09 Å². The number of aromatic nitrogens is 2. The maximum absolute atomic E-state index is 13.3. The molecule has 1 aliphatic carbocycles. The van der Waals surface area contributed by atoms with E-state index in [4.69, 9.17) is 4.74 Å². The number of rotatable bonds is 4. The maximum atomic E-state index is 13.3. The zero-order valence-corrected chi connectivity index (χ0v) is 18.4. The fraction of sp³-hybridized carbons (Fsp3) is 0.542. The summed E-state index contributed by atoms with van der Waals surface area (Å²) in [7, 11) is 0. The quantitative estimate of drug-likeness (QED) is 0.768. The molecule has 0 unspecified atom stereocenters. The SMILES string of the molecule is C[C@H]1CN(C(=O)O)c2cc(-c3cnn(C4COC4)c3)ccc2N1C(=O)CC1CCCCC1. The summed E-state index contributed by atoms with van der Waals surface area (Å²) < 4.78 is 7.15. The number of ether oxygens (including phenoxy) is 1. The lowest BCUT2D eigenvalue weighted by Gasteiger charge is -2.41. The molecule has 2 aliphatic heterocycles. The third-order valence-corrected chi connectivity index (χ3v) is 7.03. The van der Waals surface area contributed by atoms with Crippen molar-refractivity contribution < 1.29 is 19.4 Å². The van der Waals surface area contributed by atoms with Crippen LogP contribution in [-0.2, 0) is 9.53 Å². The van der Waals surface area contributed by atoms with Gasteiger partial charge in [-0.05, 0) is 43.4 Å². The second-order valence-corrected chi connectivity index (χ2v) is 9.32. The predicted octanol–water partition coefficient (Wildman–Crippen LogP) is 4.31. The van der Waals surface area contributed by atoms with Crippen LogP contribution >= 0.6 is 0 Å². The monoisotopic (exact) mass is 438 g/mol. The molecule has 0 bridgehead atoms. The highest BCUT2D eigenvalue weighted by Crippen LogP contribution is 2.40. The lowest BCUT2D eigenvalue weighted by atomic mass is 9.86. The summed E-state index contributed by atoms with van der Waals surface area (Å²) in [4.78, 5) is 28.5. The molecule has 8 heteroatoms. The van der Waals surface area contributed by atoms with Crippen molar-refractivity contribution in [1.82, 2.24) is 9.78 Å². The molecule has 2 amide bonds. The Kier molecular flexibility index (Phi) is 5.63. The fourth-order valence-corrected chi connectivity index (χ4v) is 5.17. The first-order valence-electron chi connectivity index (χ1n) is 11.6. The van der Waals surface area contributed by atoms with E-state index in [-0.39, 0.29) is 24.5 Å². The zero-order chi connectivity index (χ0) is 22.2. The third kappa shape index (κ3) is 3.88. The second kappa shape index (κ2) is 8.58. The molecular weight excluding hydrogens is 408 g/mol. The summed E-state index contributed by atoms with van der Waals surface area (Å²) in [5.41, 5.74) is 3.04. The molecule has 1 saturated heterocycles. The lowest BCUT2D eigenvalue weighted by molar-refractivity contribution is -0.120. The molecule has 1 aromatic heterocycles. The van der Waals surface area contributed by atoms with Gasteiger partial charge in [-0.15, -0.1) is 0 Å². The molecule has 3 aliphatic rings. The van der Waals surface area contributed by atoms with E-state index >= 15 is 0 Å². The summed E-state index contributed by atoms with van der Waals surface area (Å²) in [6, 6.07) is 5.76. The van der Waals surface area contributed by atoms with Crippen LogP contribution in [0.15, 0.2) is 30.6 Å². The van der Waals surface area contributed by atoms with Crippen molar-refractivity contribution in [3.63, 3.8) is 0 Å². The topological polar surface area (TPSA) is 87.9 Å². The molecule has 2 fully saturated rings. The molecule has 8 nitrogen and oxygen atoms in total. The van der Waals surface area contributed by atoms with Crippen LogP contribution in [0.4, 0.5) is 16.2 Å². The van der Waals surface area contributed by atoms with Gasteiger partial charge < -0.3 is 14.7 Å². The summed E-state index contributed by atoms with van der Waals surface area (Å²) in [5.74, 6) is 0.534. The first-order chi connectivity index (χ1) is 15.5. The van der Waals surface area contributed by atoms with E-state index < -0.39 is 6.09 Å². The van der Waals surface area contributed by atoms with Gasteiger partial charge in [0.2, 0.25) is 5.91 Å². The number of carbonyl (C=O) groups is 2. The van der Waals surface area contributed by atoms with E-state index in [9.17, 15) is 14.7 Å². The van der Waals surface area contributed by atoms with Gasteiger partial charge in [-0.1, -0.05) is 25.3 Å². The van der Waals surface area contributed by atoms with Gasteiger partial charge in [0.15, 0.2) is 0 Å². The Bertz CT molecular complexity index is 1010. The molecule has 1 atom stereocenters. The first-order valence-corrected chi connectivity index (χ1v) is 11.6. The molecule has 5 rings (SSSR count). The minimum atomic E-state index is -1.00. The van der Waals surface area contributed by atoms with Gasteiger partial charge in [-0.2, -0.15) is 5.10 Å². The van der Waals surface area contributed by atoms with Gasteiger partial charge in [0.05, 0.1) is 42.9 Å². The Hall–Kier alpha value is -2.87. The fourth-order valence-electron chi connectivity index (χ4n) is 5.17. The van der Waals surface area contributed by atoms with E-state index in [1.807, 2.05) is 40.9 Å². The van der Waals surface area contributed by atoms with Crippen LogP contribution in [0.2, 0.25) is 0 Å². The van der Waals surface area contributed by atoms with Crippen molar-refractivity contribution in [1.29, 1.82) is 0 Å². The van der Waals surface area contributed by atoms with Gasteiger partial charge in [-0.25, -0.2) is 4.79 Å². The van der Waals surface area contributed by atoms with Crippen molar-refractivity contribution in [2.24, 2.45) is 5.92 Å². The van der Waals surface area contributed by atoms with Crippen LogP contribution in [-0.4, -0.2) is 52.7 Å². The number of carbonyl (C=O) groups excluding carboxylic acids is 1. The number of anilines is 2. The Morgan fingerprint density at radius 1 is 1.12 bits per heavy atom. The summed E-state index contributed by atoms with van der Waals surface area (Å²) in [6.45, 7) is 3.51. The molecular formula is C24H30N4O4. The molecule has 1 N–H and O–H groups in total. The summed E-state index contributed by atoms with van der Waals surface area (Å²) >= 11 is 0. The minimum Gasteiger partial charge on any atom is -0.465 e. The Balaban J connectivity index is 1.45. The number of hydrogen-bond donors (Lipinski definition) is 1. The van der Waals surface area contributed by atoms with Crippen LogP contribution in [0.1, 0.15) is 51.5 Å². The molecule has 170 valence electrons. The third-order valence-electron chi connectivity index (χ3n) is 7.03. The summed E-state index contributed by atoms with van der Waals surface area (Å²) in [5, 5.41) is 14.3. The van der Waals surface area contributed by atoms with Crippen molar-refractivity contribution in [3.05, 3.63) is 30.6 Å². The molecule has 3 heterocycles. The highest BCUT2D eigenvalue weighted by molar-refractivity contribution is 6.03. The van der Waals surface area contributed by atoms with Crippen LogP contribution < -0.4 is 9.80 Å². The largest absolute Gasteiger partial charge is 0.465 e. The number of fused-ring (bicyclic) bond motifs is 1. The lowest BCUT2D eigenvalue weighted by Crippen LogP contribution is -2.52. The average molecular weight is 439 g/mol. The van der Waals surface area contributed by atoms with E-state index in [1.165, 1.54) is 24.2 Å². The molecule has 1 aromatic carbocycles. The first kappa shape index (κ1) is 21.0.